The lowest BCUT2D eigenvalue weighted by atomic mass is 9.74. The Labute approximate surface area is 185 Å². The maximum atomic E-state index is 13.5. The molecule has 170 valence electrons. The molecule has 2 aromatic rings. The van der Waals surface area contributed by atoms with Crippen LogP contribution in [-0.2, 0) is 4.79 Å². The number of hydrogen-bond donors (Lipinski definition) is 2. The molecule has 2 aliphatic heterocycles. The summed E-state index contributed by atoms with van der Waals surface area (Å²) < 4.78 is 26.0. The van der Waals surface area contributed by atoms with Crippen LogP contribution in [0.15, 0.2) is 36.4 Å². The molecule has 0 aromatic heterocycles. The maximum absolute atomic E-state index is 13.5. The van der Waals surface area contributed by atoms with Crippen molar-refractivity contribution in [2.75, 3.05) is 18.9 Å². The fraction of sp³-hybridized carbons (Fsp3) is 0.417. The largest absolute Gasteiger partial charge is 0.625 e. The Bertz CT molecular complexity index is 1050. The van der Waals surface area contributed by atoms with E-state index in [-0.39, 0.29) is 29.5 Å². The van der Waals surface area contributed by atoms with Gasteiger partial charge in [0.2, 0.25) is 0 Å². The normalized spacial score (nSPS) is 30.0. The molecule has 5 atom stereocenters. The lowest BCUT2D eigenvalue weighted by Gasteiger charge is -2.54. The van der Waals surface area contributed by atoms with Crippen molar-refractivity contribution in [1.82, 2.24) is 5.32 Å². The second kappa shape index (κ2) is 8.35. The molecule has 0 bridgehead atoms. The average Bonchev–Trinajstić information content (AvgIpc) is 2.72. The van der Waals surface area contributed by atoms with E-state index < -0.39 is 28.1 Å². The first-order valence-electron chi connectivity index (χ1n) is 10.8. The van der Waals surface area contributed by atoms with Gasteiger partial charge in [0.1, 0.15) is 23.6 Å². The van der Waals surface area contributed by atoms with Gasteiger partial charge in [-0.05, 0) is 55.7 Å². The summed E-state index contributed by atoms with van der Waals surface area (Å²) in [6.45, 7) is 4.57. The van der Waals surface area contributed by atoms with Crippen LogP contribution in [0.3, 0.4) is 0 Å². The van der Waals surface area contributed by atoms with Crippen molar-refractivity contribution >= 4 is 17.5 Å². The van der Waals surface area contributed by atoms with Crippen LogP contribution < -0.4 is 10.6 Å². The number of likely N-dealkylation sites (N-methyl/N-ethyl adjacent to an activating group) is 1. The zero-order valence-electron chi connectivity index (χ0n) is 18.3. The number of hydroxylamine groups is 3. The van der Waals surface area contributed by atoms with Crippen LogP contribution in [0, 0.1) is 29.7 Å². The van der Waals surface area contributed by atoms with Crippen molar-refractivity contribution in [3.8, 4) is 0 Å². The van der Waals surface area contributed by atoms with Gasteiger partial charge in [0.25, 0.3) is 5.91 Å². The van der Waals surface area contributed by atoms with Gasteiger partial charge in [0.05, 0.1) is 7.05 Å². The summed E-state index contributed by atoms with van der Waals surface area (Å²) in [5, 5.41) is 19.4. The minimum atomic E-state index is -0.903. The fourth-order valence-electron chi connectivity index (χ4n) is 5.09. The topological polar surface area (TPSA) is 81.3 Å². The molecule has 2 aliphatic rings. The molecule has 2 amide bonds. The van der Waals surface area contributed by atoms with Crippen LogP contribution in [0.5, 0.6) is 0 Å². The van der Waals surface area contributed by atoms with Crippen molar-refractivity contribution in [2.45, 2.75) is 44.7 Å². The van der Waals surface area contributed by atoms with Crippen molar-refractivity contribution in [3.63, 3.8) is 0 Å². The number of halogens is 2. The molecule has 2 N–H and O–H groups in total. The Kier molecular flexibility index (Phi) is 5.87. The number of carbonyl (C=O) groups excluding carboxylic acids is 2. The maximum Gasteiger partial charge on any atom is 0.321 e. The fourth-order valence-corrected chi connectivity index (χ4v) is 5.09. The smallest absolute Gasteiger partial charge is 0.321 e. The minimum absolute atomic E-state index is 0.0734. The highest BCUT2D eigenvalue weighted by Crippen LogP contribution is 2.42. The number of likely N-dealkylation sites (tertiary alicyclic amines) is 1. The Balaban J connectivity index is 1.61. The van der Waals surface area contributed by atoms with E-state index in [4.69, 9.17) is 0 Å². The first-order valence-corrected chi connectivity index (χ1v) is 10.8. The van der Waals surface area contributed by atoms with Crippen molar-refractivity contribution in [1.29, 1.82) is 0 Å². The van der Waals surface area contributed by atoms with Gasteiger partial charge >= 0.3 is 5.91 Å². The van der Waals surface area contributed by atoms with Gasteiger partial charge in [0, 0.05) is 42.2 Å². The predicted octanol–water partition coefficient (Wildman–Crippen LogP) is 3.85. The number of anilines is 1. The molecule has 2 fully saturated rings. The Morgan fingerprint density at radius 2 is 1.84 bits per heavy atom. The molecular formula is C24H27F2N3O3. The molecule has 6 nitrogen and oxygen atoms in total. The molecule has 5 unspecified atom stereocenters. The summed E-state index contributed by atoms with van der Waals surface area (Å²) in [5.74, 6) is -3.24. The van der Waals surface area contributed by atoms with E-state index in [0.29, 0.717) is 36.7 Å². The molecule has 32 heavy (non-hydrogen) atoms. The molecule has 0 radical (unpaired) electrons. The van der Waals surface area contributed by atoms with Gasteiger partial charge < -0.3 is 15.8 Å². The van der Waals surface area contributed by atoms with Gasteiger partial charge in [-0.25, -0.2) is 13.6 Å². The number of quaternary nitrogens is 1. The third-order valence-electron chi connectivity index (χ3n) is 6.81. The van der Waals surface area contributed by atoms with E-state index in [9.17, 15) is 23.6 Å². The van der Waals surface area contributed by atoms with E-state index in [2.05, 4.69) is 10.6 Å². The average molecular weight is 443 g/mol. The standard InChI is InChI=1S/C24H27F2N3O3/c1-13-4-5-19(28-23(30)15-7-17(25)10-18(26)8-15)11-20(13)21-9-16-12-27-14(2)6-22(16)29(3,32)24(21)31/h4-5,7-8,10-11,14,16,21-22,27H,6,9,12H2,1-3H3,(H,28,30). The van der Waals surface area contributed by atoms with Gasteiger partial charge in [-0.2, -0.15) is 0 Å². The Morgan fingerprint density at radius 3 is 2.53 bits per heavy atom. The van der Waals surface area contributed by atoms with E-state index in [1.165, 1.54) is 7.05 Å². The number of rotatable bonds is 3. The molecular weight excluding hydrogens is 416 g/mol. The number of carbonyl (C=O) groups is 2. The van der Waals surface area contributed by atoms with Crippen molar-refractivity contribution in [2.24, 2.45) is 5.92 Å². The number of aryl methyl sites for hydroxylation is 1. The van der Waals surface area contributed by atoms with Gasteiger partial charge in [0.15, 0.2) is 0 Å². The van der Waals surface area contributed by atoms with Crippen LogP contribution in [0.4, 0.5) is 14.5 Å². The third-order valence-corrected chi connectivity index (χ3v) is 6.81. The molecule has 0 saturated carbocycles. The molecule has 2 saturated heterocycles. The second-order valence-electron chi connectivity index (χ2n) is 9.17. The van der Waals surface area contributed by atoms with Gasteiger partial charge in [-0.3, -0.25) is 9.44 Å². The number of nitrogens with one attached hydrogen (secondary N) is 2. The van der Waals surface area contributed by atoms with E-state index in [1.807, 2.05) is 13.8 Å². The Hall–Kier alpha value is -2.68. The molecule has 4 rings (SSSR count). The second-order valence-corrected chi connectivity index (χ2v) is 9.17. The number of benzene rings is 2. The Morgan fingerprint density at radius 1 is 1.16 bits per heavy atom. The van der Waals surface area contributed by atoms with Crippen LogP contribution in [0.2, 0.25) is 0 Å². The number of hydrogen-bond acceptors (Lipinski definition) is 4. The van der Waals surface area contributed by atoms with Crippen LogP contribution in [-0.4, -0.2) is 42.1 Å². The summed E-state index contributed by atoms with van der Waals surface area (Å²) in [6, 6.07) is 7.66. The summed E-state index contributed by atoms with van der Waals surface area (Å²) in [4.78, 5) is 25.8. The molecule has 0 spiro atoms. The zero-order chi connectivity index (χ0) is 23.2. The predicted molar refractivity (Wildman–Crippen MR) is 117 cm³/mol. The van der Waals surface area contributed by atoms with Gasteiger partial charge in [-0.1, -0.05) is 6.07 Å². The molecule has 2 heterocycles. The van der Waals surface area contributed by atoms with Crippen molar-refractivity contribution < 1.29 is 23.0 Å². The van der Waals surface area contributed by atoms with Crippen LogP contribution >= 0.6 is 0 Å². The number of nitrogens with zero attached hydrogens (tertiary/aromatic N) is 1. The monoisotopic (exact) mass is 443 g/mol. The minimum Gasteiger partial charge on any atom is -0.625 e. The van der Waals surface area contributed by atoms with E-state index in [0.717, 1.165) is 17.7 Å². The van der Waals surface area contributed by atoms with E-state index in [1.54, 1.807) is 18.2 Å². The lowest BCUT2D eigenvalue weighted by Crippen LogP contribution is -2.65. The zero-order valence-corrected chi connectivity index (χ0v) is 18.3. The highest BCUT2D eigenvalue weighted by Gasteiger charge is 2.50. The molecule has 0 aliphatic carbocycles. The number of piperidine rings is 2. The highest BCUT2D eigenvalue weighted by atomic mass is 19.1. The van der Waals surface area contributed by atoms with Crippen LogP contribution in [0.25, 0.3) is 0 Å². The third kappa shape index (κ3) is 4.18. The first-order chi connectivity index (χ1) is 15.1. The van der Waals surface area contributed by atoms with Crippen molar-refractivity contribution in [3.05, 3.63) is 69.9 Å². The molecule has 8 heteroatoms. The number of fused-ring (bicyclic) bond motifs is 1. The number of amides is 2. The summed E-state index contributed by atoms with van der Waals surface area (Å²) in [6.07, 6.45) is 1.22. The first kappa shape index (κ1) is 22.5. The summed E-state index contributed by atoms with van der Waals surface area (Å²) >= 11 is 0. The quantitative estimate of drug-likeness (QED) is 0.558. The molecule has 2 aromatic carbocycles. The highest BCUT2D eigenvalue weighted by molar-refractivity contribution is 6.04. The van der Waals surface area contributed by atoms with Gasteiger partial charge in [-0.15, -0.1) is 0 Å². The SMILES string of the molecule is Cc1ccc(NC(=O)c2cc(F)cc(F)c2)cc1C1CC2CNC(C)CC2[N+](C)([O-])C1=O. The van der Waals surface area contributed by atoms with E-state index >= 15 is 0 Å². The van der Waals surface area contributed by atoms with Crippen LogP contribution in [0.1, 0.15) is 47.2 Å². The summed E-state index contributed by atoms with van der Waals surface area (Å²) in [7, 11) is 1.45. The summed E-state index contributed by atoms with van der Waals surface area (Å²) in [5.41, 5.74) is 1.78. The lowest BCUT2D eigenvalue weighted by molar-refractivity contribution is -0.822.